The number of nitrogens with zero attached hydrogens (tertiary/aromatic N) is 1. The molecule has 1 unspecified atom stereocenters. The lowest BCUT2D eigenvalue weighted by Gasteiger charge is -2.26. The van der Waals surface area contributed by atoms with Crippen molar-refractivity contribution in [2.45, 2.75) is 19.3 Å². The molecule has 84 valence electrons. The molecule has 0 saturated carbocycles. The number of hydrogen-bond acceptors (Lipinski definition) is 5. The summed E-state index contributed by atoms with van der Waals surface area (Å²) in [6.07, 6.45) is 3.05. The quantitative estimate of drug-likeness (QED) is 0.647. The molecule has 0 aromatic heterocycles. The average molecular weight is 241 g/mol. The average Bonchev–Trinajstić information content (AvgIpc) is 2.02. The molecule has 1 atom stereocenters. The van der Waals surface area contributed by atoms with Crippen molar-refractivity contribution in [3.05, 3.63) is 0 Å². The largest absolute Gasteiger partial charge is 0.759 e. The lowest BCUT2D eigenvalue weighted by atomic mass is 10.1. The fourth-order valence-corrected chi connectivity index (χ4v) is 3.24. The number of rotatable bonds is 4. The molecule has 0 spiro atoms. The number of piperidine rings is 1. The zero-order chi connectivity index (χ0) is 10.6. The van der Waals surface area contributed by atoms with Gasteiger partial charge in [-0.2, -0.15) is 0 Å². The summed E-state index contributed by atoms with van der Waals surface area (Å²) < 4.78 is 44.1. The van der Waals surface area contributed by atoms with Gasteiger partial charge in [-0.3, -0.25) is 9.11 Å². The Labute approximate surface area is 86.1 Å². The molecule has 1 saturated heterocycles. The van der Waals surface area contributed by atoms with E-state index in [4.69, 9.17) is 0 Å². The Kier molecular flexibility index (Phi) is 4.45. The molecule has 0 amide bonds. The Hall–Kier alpha value is -0.0200. The maximum Gasteiger partial charge on any atom is 0.235 e. The van der Waals surface area contributed by atoms with Gasteiger partial charge >= 0.3 is 0 Å². The Morgan fingerprint density at radius 1 is 1.29 bits per heavy atom. The molecule has 1 aliphatic heterocycles. The Morgan fingerprint density at radius 2 is 1.86 bits per heavy atom. The highest BCUT2D eigenvalue weighted by Crippen LogP contribution is 2.09. The van der Waals surface area contributed by atoms with Crippen molar-refractivity contribution >= 4 is 21.3 Å². The fourth-order valence-electron chi connectivity index (χ4n) is 1.46. The molecule has 1 heterocycles. The molecule has 1 fully saturated rings. The van der Waals surface area contributed by atoms with Gasteiger partial charge in [0.1, 0.15) is 5.88 Å². The summed E-state index contributed by atoms with van der Waals surface area (Å²) in [6.45, 7) is 1.43. The first-order valence-corrected chi connectivity index (χ1v) is 7.04. The van der Waals surface area contributed by atoms with E-state index >= 15 is 0 Å². The van der Waals surface area contributed by atoms with Crippen LogP contribution in [0.3, 0.4) is 0 Å². The molecule has 1 aliphatic rings. The molecular formula is C6H13N2O4S2-. The monoisotopic (exact) mass is 241 g/mol. The van der Waals surface area contributed by atoms with Gasteiger partial charge in [0.2, 0.25) is 10.0 Å². The molecule has 0 aromatic rings. The van der Waals surface area contributed by atoms with E-state index < -0.39 is 21.3 Å². The van der Waals surface area contributed by atoms with Crippen molar-refractivity contribution in [3.63, 3.8) is 0 Å². The number of nitrogens with one attached hydrogen (secondary N) is 1. The highest BCUT2D eigenvalue weighted by atomic mass is 32.3. The second kappa shape index (κ2) is 5.17. The van der Waals surface area contributed by atoms with Crippen LogP contribution in [0.2, 0.25) is 0 Å². The van der Waals surface area contributed by atoms with Crippen molar-refractivity contribution in [2.75, 3.05) is 19.0 Å². The topological polar surface area (TPSA) is 89.5 Å². The number of likely N-dealkylation sites (tertiary alicyclic amines) is 1. The summed E-state index contributed by atoms with van der Waals surface area (Å²) in [5.74, 6) is -0.235. The molecule has 1 rings (SSSR count). The van der Waals surface area contributed by atoms with Gasteiger partial charge in [0.15, 0.2) is 0 Å². The normalized spacial score (nSPS) is 22.1. The Morgan fingerprint density at radius 3 is 2.36 bits per heavy atom. The van der Waals surface area contributed by atoms with Gasteiger partial charge in [-0.1, -0.05) is 6.42 Å². The van der Waals surface area contributed by atoms with Crippen LogP contribution in [0, 0.1) is 0 Å². The van der Waals surface area contributed by atoms with Crippen molar-refractivity contribution < 1.29 is 17.2 Å². The third-order valence-corrected chi connectivity index (χ3v) is 4.26. The van der Waals surface area contributed by atoms with E-state index in [1.807, 2.05) is 0 Å². The molecule has 1 N–H and O–H groups in total. The minimum atomic E-state index is -3.72. The van der Waals surface area contributed by atoms with E-state index in [1.54, 1.807) is 4.90 Å². The van der Waals surface area contributed by atoms with Gasteiger partial charge in [0.05, 0.1) is 0 Å². The second-order valence-corrected chi connectivity index (χ2v) is 5.86. The summed E-state index contributed by atoms with van der Waals surface area (Å²) in [7, 11) is -3.72. The third-order valence-electron chi connectivity index (χ3n) is 2.00. The summed E-state index contributed by atoms with van der Waals surface area (Å²) in [5, 5.41) is 0. The SMILES string of the molecule is O=S([O-])NS(=O)(=O)CN1CCCCC1. The van der Waals surface area contributed by atoms with Gasteiger partial charge in [-0.05, 0) is 25.9 Å². The summed E-state index contributed by atoms with van der Waals surface area (Å²) in [5.41, 5.74) is 0. The maximum atomic E-state index is 11.2. The van der Waals surface area contributed by atoms with Crippen molar-refractivity contribution in [1.29, 1.82) is 0 Å². The number of sulfonamides is 1. The van der Waals surface area contributed by atoms with E-state index in [1.165, 1.54) is 4.13 Å². The van der Waals surface area contributed by atoms with Crippen LogP contribution in [0.1, 0.15) is 19.3 Å². The van der Waals surface area contributed by atoms with Gasteiger partial charge < -0.3 is 4.55 Å². The lowest BCUT2D eigenvalue weighted by Crippen LogP contribution is -2.40. The fraction of sp³-hybridized carbons (Fsp3) is 1.00. The van der Waals surface area contributed by atoms with E-state index in [0.717, 1.165) is 19.3 Å². The zero-order valence-corrected chi connectivity index (χ0v) is 9.27. The lowest BCUT2D eigenvalue weighted by molar-refractivity contribution is 0.260. The molecule has 8 heteroatoms. The molecule has 0 aliphatic carbocycles. The predicted molar refractivity (Wildman–Crippen MR) is 51.3 cm³/mol. The van der Waals surface area contributed by atoms with Crippen LogP contribution in [-0.2, 0) is 21.3 Å². The van der Waals surface area contributed by atoms with E-state index in [9.17, 15) is 17.2 Å². The minimum absolute atomic E-state index is 0.235. The van der Waals surface area contributed by atoms with Crippen LogP contribution in [0.5, 0.6) is 0 Å². The molecular weight excluding hydrogens is 228 g/mol. The van der Waals surface area contributed by atoms with Crippen molar-refractivity contribution in [1.82, 2.24) is 9.03 Å². The van der Waals surface area contributed by atoms with Gasteiger partial charge in [-0.15, -0.1) is 4.13 Å². The van der Waals surface area contributed by atoms with Crippen LogP contribution >= 0.6 is 0 Å². The van der Waals surface area contributed by atoms with Crippen LogP contribution in [-0.4, -0.2) is 41.0 Å². The maximum absolute atomic E-state index is 11.2. The molecule has 14 heavy (non-hydrogen) atoms. The molecule has 0 bridgehead atoms. The highest BCUT2D eigenvalue weighted by molar-refractivity contribution is 7.99. The summed E-state index contributed by atoms with van der Waals surface area (Å²) in [6, 6.07) is 0. The molecule has 0 radical (unpaired) electrons. The van der Waals surface area contributed by atoms with Crippen molar-refractivity contribution in [3.8, 4) is 0 Å². The summed E-state index contributed by atoms with van der Waals surface area (Å²) >= 11 is -2.75. The van der Waals surface area contributed by atoms with Gasteiger partial charge in [0, 0.05) is 11.3 Å². The predicted octanol–water partition coefficient (Wildman–Crippen LogP) is -0.857. The van der Waals surface area contributed by atoms with Crippen LogP contribution < -0.4 is 4.13 Å². The third kappa shape index (κ3) is 4.47. The van der Waals surface area contributed by atoms with Crippen LogP contribution in [0.25, 0.3) is 0 Å². The number of hydrogen-bond donors (Lipinski definition) is 1. The smallest absolute Gasteiger partial charge is 0.235 e. The Bertz CT molecular complexity index is 297. The zero-order valence-electron chi connectivity index (χ0n) is 7.64. The van der Waals surface area contributed by atoms with E-state index in [0.29, 0.717) is 13.1 Å². The molecule has 6 nitrogen and oxygen atoms in total. The Balaban J connectivity index is 2.45. The first kappa shape index (κ1) is 12.1. The van der Waals surface area contributed by atoms with Gasteiger partial charge in [-0.25, -0.2) is 8.42 Å². The minimum Gasteiger partial charge on any atom is -0.759 e. The summed E-state index contributed by atoms with van der Waals surface area (Å²) in [4.78, 5) is 1.73. The van der Waals surface area contributed by atoms with Crippen molar-refractivity contribution in [2.24, 2.45) is 0 Å². The van der Waals surface area contributed by atoms with E-state index in [-0.39, 0.29) is 5.88 Å². The van der Waals surface area contributed by atoms with E-state index in [2.05, 4.69) is 0 Å². The standard InChI is InChI=1S/C6H14N2O4S2/c9-13(10)7-14(11,12)6-8-4-2-1-3-5-8/h7H,1-6H2,(H,9,10)/p-1. The van der Waals surface area contributed by atoms with Gasteiger partial charge in [0.25, 0.3) is 0 Å². The molecule has 0 aromatic carbocycles. The first-order valence-electron chi connectivity index (χ1n) is 4.31. The highest BCUT2D eigenvalue weighted by Gasteiger charge is 2.18. The van der Waals surface area contributed by atoms with Crippen LogP contribution in [0.15, 0.2) is 0 Å². The second-order valence-electron chi connectivity index (χ2n) is 3.24. The van der Waals surface area contributed by atoms with Crippen LogP contribution in [0.4, 0.5) is 0 Å². The first-order chi connectivity index (χ1) is 6.49.